The normalized spacial score (nSPS) is 17.1. The van der Waals surface area contributed by atoms with E-state index in [-0.39, 0.29) is 38.9 Å². The number of alkyl halides is 3. The molecule has 0 radical (unpaired) electrons. The van der Waals surface area contributed by atoms with Crippen LogP contribution in [0.4, 0.5) is 13.2 Å². The van der Waals surface area contributed by atoms with E-state index < -0.39 is 31.7 Å². The van der Waals surface area contributed by atoms with Crippen LogP contribution in [0.15, 0.2) is 41.3 Å². The number of para-hydroxylation sites is 1. The lowest BCUT2D eigenvalue weighted by atomic mass is 10.1. The maximum atomic E-state index is 13.1. The minimum Gasteiger partial charge on any atom is -0.454 e. The highest BCUT2D eigenvalue weighted by Gasteiger charge is 2.37. The van der Waals surface area contributed by atoms with Gasteiger partial charge in [0, 0.05) is 26.2 Å². The molecule has 0 aliphatic carbocycles. The van der Waals surface area contributed by atoms with Gasteiger partial charge in [0.1, 0.15) is 0 Å². The van der Waals surface area contributed by atoms with Crippen molar-refractivity contribution in [3.8, 4) is 11.5 Å². The number of sulfonamides is 1. The van der Waals surface area contributed by atoms with Crippen LogP contribution in [0.5, 0.6) is 11.5 Å². The van der Waals surface area contributed by atoms with Crippen molar-refractivity contribution in [2.75, 3.05) is 33.0 Å². The smallest absolute Gasteiger partial charge is 0.417 e. The third-order valence-corrected chi connectivity index (χ3v) is 7.26. The molecule has 7 nitrogen and oxygen atoms in total. The van der Waals surface area contributed by atoms with Crippen molar-refractivity contribution in [3.05, 3.63) is 52.5 Å². The van der Waals surface area contributed by atoms with E-state index in [2.05, 4.69) is 0 Å². The van der Waals surface area contributed by atoms with Crippen molar-refractivity contribution in [2.24, 2.45) is 0 Å². The molecule has 31 heavy (non-hydrogen) atoms. The lowest BCUT2D eigenvalue weighted by Gasteiger charge is -2.34. The molecule has 0 atom stereocenters. The average molecular weight is 477 g/mol. The second kappa shape index (κ2) is 7.88. The Hall–Kier alpha value is -2.50. The van der Waals surface area contributed by atoms with Crippen molar-refractivity contribution < 1.29 is 35.9 Å². The molecule has 12 heteroatoms. The molecule has 4 rings (SSSR count). The second-order valence-electron chi connectivity index (χ2n) is 6.88. The molecule has 0 unspecified atom stereocenters. The number of ether oxygens (including phenoxy) is 2. The number of rotatable bonds is 3. The predicted molar refractivity (Wildman–Crippen MR) is 104 cm³/mol. The van der Waals surface area contributed by atoms with Gasteiger partial charge in [0.25, 0.3) is 5.91 Å². The summed E-state index contributed by atoms with van der Waals surface area (Å²) in [6, 6.07) is 7.39. The molecule has 0 aromatic heterocycles. The number of hydrogen-bond donors (Lipinski definition) is 0. The number of nitrogens with zero attached hydrogens (tertiary/aromatic N) is 2. The van der Waals surface area contributed by atoms with Crippen LogP contribution in [0.1, 0.15) is 15.9 Å². The van der Waals surface area contributed by atoms with E-state index in [1.54, 1.807) is 18.2 Å². The van der Waals surface area contributed by atoms with Gasteiger partial charge in [-0.25, -0.2) is 8.42 Å². The monoisotopic (exact) mass is 476 g/mol. The summed E-state index contributed by atoms with van der Waals surface area (Å²) in [4.78, 5) is 13.8. The number of amides is 1. The van der Waals surface area contributed by atoms with Crippen LogP contribution in [0, 0.1) is 0 Å². The standard InChI is InChI=1S/C19H16ClF3N2O5S/c20-15-5-4-12(10-14(15)19(21,22)23)31(27,28)25-8-6-24(7-9-25)18(26)13-2-1-3-16-17(13)30-11-29-16/h1-5,10H,6-9,11H2. The first-order valence-corrected chi connectivity index (χ1v) is 11.0. The van der Waals surface area contributed by atoms with Crippen LogP contribution in [0.3, 0.4) is 0 Å². The zero-order valence-corrected chi connectivity index (χ0v) is 17.4. The number of hydrogen-bond acceptors (Lipinski definition) is 5. The Morgan fingerprint density at radius 2 is 1.74 bits per heavy atom. The quantitative estimate of drug-likeness (QED) is 0.680. The van der Waals surface area contributed by atoms with Crippen molar-refractivity contribution in [1.29, 1.82) is 0 Å². The SMILES string of the molecule is O=C(c1cccc2c1OCO2)N1CCN(S(=O)(=O)c2ccc(Cl)c(C(F)(F)F)c2)CC1. The molecule has 2 aromatic carbocycles. The first-order valence-electron chi connectivity index (χ1n) is 9.14. The molecule has 2 aliphatic rings. The van der Waals surface area contributed by atoms with Crippen LogP contribution in [-0.4, -0.2) is 56.5 Å². The number of carbonyl (C=O) groups excluding carboxylic acids is 1. The van der Waals surface area contributed by atoms with Crippen LogP contribution < -0.4 is 9.47 Å². The molecule has 0 N–H and O–H groups in total. The fourth-order valence-electron chi connectivity index (χ4n) is 3.43. The number of halogens is 4. The molecular weight excluding hydrogens is 461 g/mol. The fourth-order valence-corrected chi connectivity index (χ4v) is 5.11. The number of fused-ring (bicyclic) bond motifs is 1. The van der Waals surface area contributed by atoms with Crippen molar-refractivity contribution in [3.63, 3.8) is 0 Å². The van der Waals surface area contributed by atoms with E-state index >= 15 is 0 Å². The first-order chi connectivity index (χ1) is 14.6. The van der Waals surface area contributed by atoms with Gasteiger partial charge in [-0.1, -0.05) is 17.7 Å². The summed E-state index contributed by atoms with van der Waals surface area (Å²) in [5.41, 5.74) is -0.914. The van der Waals surface area contributed by atoms with Gasteiger partial charge in [0.2, 0.25) is 16.8 Å². The third-order valence-electron chi connectivity index (χ3n) is 5.03. The molecule has 1 saturated heterocycles. The molecule has 0 bridgehead atoms. The van der Waals surface area contributed by atoms with Crippen molar-refractivity contribution >= 4 is 27.5 Å². The van der Waals surface area contributed by atoms with Crippen LogP contribution in [0.2, 0.25) is 5.02 Å². The summed E-state index contributed by atoms with van der Waals surface area (Å²) >= 11 is 5.58. The van der Waals surface area contributed by atoms with Crippen molar-refractivity contribution in [2.45, 2.75) is 11.1 Å². The van der Waals surface area contributed by atoms with E-state index in [4.69, 9.17) is 21.1 Å². The fraction of sp³-hybridized carbons (Fsp3) is 0.316. The van der Waals surface area contributed by atoms with Gasteiger partial charge < -0.3 is 14.4 Å². The maximum absolute atomic E-state index is 13.1. The van der Waals surface area contributed by atoms with E-state index in [0.717, 1.165) is 16.4 Å². The predicted octanol–water partition coefficient (Wildman–Crippen LogP) is 3.23. The number of benzene rings is 2. The molecule has 2 aliphatic heterocycles. The molecule has 2 aromatic rings. The molecular formula is C19H16ClF3N2O5S. The Morgan fingerprint density at radius 3 is 2.42 bits per heavy atom. The summed E-state index contributed by atoms with van der Waals surface area (Å²) in [6.45, 7) is 0.0200. The topological polar surface area (TPSA) is 76.2 Å². The molecule has 0 spiro atoms. The zero-order valence-electron chi connectivity index (χ0n) is 15.9. The number of carbonyl (C=O) groups is 1. The lowest BCUT2D eigenvalue weighted by Crippen LogP contribution is -2.50. The Balaban J connectivity index is 1.50. The maximum Gasteiger partial charge on any atom is 0.417 e. The largest absolute Gasteiger partial charge is 0.454 e. The van der Waals surface area contributed by atoms with E-state index in [1.165, 1.54) is 4.90 Å². The van der Waals surface area contributed by atoms with Gasteiger partial charge in [-0.05, 0) is 30.3 Å². The van der Waals surface area contributed by atoms with Gasteiger partial charge >= 0.3 is 6.18 Å². The van der Waals surface area contributed by atoms with Gasteiger partial charge in [-0.3, -0.25) is 4.79 Å². The van der Waals surface area contributed by atoms with Crippen LogP contribution in [-0.2, 0) is 16.2 Å². The minimum atomic E-state index is -4.78. The van der Waals surface area contributed by atoms with Gasteiger partial charge in [-0.2, -0.15) is 17.5 Å². The highest BCUT2D eigenvalue weighted by molar-refractivity contribution is 7.89. The average Bonchev–Trinajstić information content (AvgIpc) is 3.21. The number of piperazine rings is 1. The minimum absolute atomic E-state index is 0.00660. The molecule has 2 heterocycles. The van der Waals surface area contributed by atoms with Gasteiger partial charge in [-0.15, -0.1) is 0 Å². The zero-order chi connectivity index (χ0) is 22.4. The molecule has 1 fully saturated rings. The molecule has 1 amide bonds. The Kier molecular flexibility index (Phi) is 5.52. The third kappa shape index (κ3) is 4.04. The van der Waals surface area contributed by atoms with Gasteiger partial charge in [0.15, 0.2) is 11.5 Å². The Morgan fingerprint density at radius 1 is 1.03 bits per heavy atom. The Bertz CT molecular complexity index is 1130. The molecule has 0 saturated carbocycles. The van der Waals surface area contributed by atoms with Crippen LogP contribution in [0.25, 0.3) is 0 Å². The Labute approximate surface area is 181 Å². The summed E-state index contributed by atoms with van der Waals surface area (Å²) < 4.78 is 76.7. The summed E-state index contributed by atoms with van der Waals surface area (Å²) in [6.07, 6.45) is -4.78. The van der Waals surface area contributed by atoms with E-state index in [0.29, 0.717) is 23.1 Å². The van der Waals surface area contributed by atoms with E-state index in [1.807, 2.05) is 0 Å². The van der Waals surface area contributed by atoms with Gasteiger partial charge in [0.05, 0.1) is 21.0 Å². The highest BCUT2D eigenvalue weighted by Crippen LogP contribution is 2.37. The lowest BCUT2D eigenvalue weighted by molar-refractivity contribution is -0.137. The highest BCUT2D eigenvalue weighted by atomic mass is 35.5. The van der Waals surface area contributed by atoms with Crippen LogP contribution >= 0.6 is 11.6 Å². The summed E-state index contributed by atoms with van der Waals surface area (Å²) in [5, 5.41) is -0.580. The second-order valence-corrected chi connectivity index (χ2v) is 9.22. The first kappa shape index (κ1) is 21.7. The van der Waals surface area contributed by atoms with E-state index in [9.17, 15) is 26.4 Å². The van der Waals surface area contributed by atoms with Crippen molar-refractivity contribution in [1.82, 2.24) is 9.21 Å². The molecule has 166 valence electrons. The summed E-state index contributed by atoms with van der Waals surface area (Å²) in [7, 11) is -4.19. The summed E-state index contributed by atoms with van der Waals surface area (Å²) in [5.74, 6) is 0.448.